The van der Waals surface area contributed by atoms with Crippen molar-refractivity contribution in [2.45, 2.75) is 52.0 Å². The molecule has 0 aliphatic heterocycles. The molecule has 0 fully saturated rings. The van der Waals surface area contributed by atoms with Crippen LogP contribution in [-0.4, -0.2) is 23.2 Å². The van der Waals surface area contributed by atoms with Gasteiger partial charge in [0.1, 0.15) is 0 Å². The molecule has 0 rings (SSSR count). The van der Waals surface area contributed by atoms with Crippen molar-refractivity contribution in [1.29, 1.82) is 0 Å². The van der Waals surface area contributed by atoms with Gasteiger partial charge in [0.2, 0.25) is 0 Å². The number of hydrogen-bond donors (Lipinski definition) is 2. The van der Waals surface area contributed by atoms with Crippen LogP contribution >= 0.6 is 0 Å². The van der Waals surface area contributed by atoms with Crippen molar-refractivity contribution in [3.8, 4) is 0 Å². The van der Waals surface area contributed by atoms with E-state index < -0.39 is 5.97 Å². The largest absolute Gasteiger partial charge is 0.481 e. The van der Waals surface area contributed by atoms with Gasteiger partial charge in [-0.25, -0.2) is 0 Å². The van der Waals surface area contributed by atoms with Crippen LogP contribution in [0.25, 0.3) is 0 Å². The molecule has 2 N–H and O–H groups in total. The first-order valence-electron chi connectivity index (χ1n) is 5.07. The van der Waals surface area contributed by atoms with Crippen molar-refractivity contribution in [2.24, 2.45) is 0 Å². The zero-order valence-electron chi connectivity index (χ0n) is 8.89. The molecule has 0 unspecified atom stereocenters. The molecule has 0 aromatic rings. The van der Waals surface area contributed by atoms with E-state index in [9.17, 15) is 4.79 Å². The van der Waals surface area contributed by atoms with Crippen LogP contribution in [0.3, 0.4) is 0 Å². The van der Waals surface area contributed by atoms with Crippen molar-refractivity contribution >= 4 is 5.97 Å². The number of nitrogens with one attached hydrogen (secondary N) is 1. The molecule has 0 aromatic heterocycles. The summed E-state index contributed by atoms with van der Waals surface area (Å²) in [6.07, 6.45) is 3.38. The van der Waals surface area contributed by atoms with Crippen LogP contribution in [0.5, 0.6) is 0 Å². The zero-order valence-corrected chi connectivity index (χ0v) is 8.89. The Balaban J connectivity index is 3.88. The normalized spacial score (nSPS) is 11.6. The number of rotatable bonds is 7. The smallest absolute Gasteiger partial charge is 0.304 e. The van der Waals surface area contributed by atoms with E-state index in [1.54, 1.807) is 0 Å². The first-order valence-corrected chi connectivity index (χ1v) is 5.07. The summed E-state index contributed by atoms with van der Waals surface area (Å²) in [6.45, 7) is 6.99. The molecule has 0 bridgehead atoms. The molecule has 78 valence electrons. The van der Waals surface area contributed by atoms with E-state index in [0.717, 1.165) is 19.3 Å². The monoisotopic (exact) mass is 187 g/mol. The van der Waals surface area contributed by atoms with Gasteiger partial charge in [-0.15, -0.1) is 0 Å². The highest BCUT2D eigenvalue weighted by atomic mass is 16.4. The quantitative estimate of drug-likeness (QED) is 0.641. The topological polar surface area (TPSA) is 49.3 Å². The van der Waals surface area contributed by atoms with Gasteiger partial charge in [-0.1, -0.05) is 20.8 Å². The van der Waals surface area contributed by atoms with E-state index in [-0.39, 0.29) is 12.0 Å². The summed E-state index contributed by atoms with van der Waals surface area (Å²) in [7, 11) is 0. The summed E-state index contributed by atoms with van der Waals surface area (Å²) in [5.41, 5.74) is 0.148. The summed E-state index contributed by atoms with van der Waals surface area (Å²) < 4.78 is 0. The number of carboxylic acids is 1. The highest BCUT2D eigenvalue weighted by molar-refractivity contribution is 5.66. The maximum atomic E-state index is 10.3. The Morgan fingerprint density at radius 1 is 1.23 bits per heavy atom. The SMILES string of the molecule is CCC(CC)(CC)NCCC(=O)O. The standard InChI is InChI=1S/C10H21NO2/c1-4-10(5-2,6-3)11-8-7-9(12)13/h11H,4-8H2,1-3H3,(H,12,13). The van der Waals surface area contributed by atoms with Crippen molar-refractivity contribution in [3.63, 3.8) is 0 Å². The van der Waals surface area contributed by atoms with Crippen LogP contribution < -0.4 is 5.32 Å². The van der Waals surface area contributed by atoms with Crippen LogP contribution in [0.4, 0.5) is 0 Å². The summed E-state index contributed by atoms with van der Waals surface area (Å²) in [5.74, 6) is -0.732. The predicted octanol–water partition coefficient (Wildman–Crippen LogP) is 2.02. The predicted molar refractivity (Wildman–Crippen MR) is 53.9 cm³/mol. The molecular formula is C10H21NO2. The zero-order chi connectivity index (χ0) is 10.3. The first-order chi connectivity index (χ1) is 6.10. The maximum Gasteiger partial charge on any atom is 0.304 e. The molecular weight excluding hydrogens is 166 g/mol. The molecule has 3 nitrogen and oxygen atoms in total. The Kier molecular flexibility index (Phi) is 5.71. The molecule has 0 spiro atoms. The van der Waals surface area contributed by atoms with Gasteiger partial charge in [0.15, 0.2) is 0 Å². The Hall–Kier alpha value is -0.570. The van der Waals surface area contributed by atoms with Gasteiger partial charge >= 0.3 is 5.97 Å². The second kappa shape index (κ2) is 5.97. The summed E-state index contributed by atoms with van der Waals surface area (Å²) in [6, 6.07) is 0. The third-order valence-electron chi connectivity index (χ3n) is 2.87. The maximum absolute atomic E-state index is 10.3. The van der Waals surface area contributed by atoms with Crippen LogP contribution in [-0.2, 0) is 4.79 Å². The number of carboxylic acid groups (broad SMARTS) is 1. The molecule has 13 heavy (non-hydrogen) atoms. The Morgan fingerprint density at radius 3 is 2.00 bits per heavy atom. The molecule has 0 heterocycles. The van der Waals surface area contributed by atoms with Gasteiger partial charge < -0.3 is 10.4 Å². The highest BCUT2D eigenvalue weighted by Gasteiger charge is 2.22. The van der Waals surface area contributed by atoms with Crippen LogP contribution in [0.1, 0.15) is 46.5 Å². The van der Waals surface area contributed by atoms with Gasteiger partial charge in [0.25, 0.3) is 0 Å². The summed E-state index contributed by atoms with van der Waals surface area (Å²) in [4.78, 5) is 10.3. The summed E-state index contributed by atoms with van der Waals surface area (Å²) >= 11 is 0. The molecule has 0 aliphatic carbocycles. The van der Waals surface area contributed by atoms with E-state index in [0.29, 0.717) is 6.54 Å². The Labute approximate surface area is 80.5 Å². The van der Waals surface area contributed by atoms with Crippen molar-refractivity contribution < 1.29 is 9.90 Å². The van der Waals surface area contributed by atoms with Crippen molar-refractivity contribution in [1.82, 2.24) is 5.32 Å². The van der Waals surface area contributed by atoms with Crippen LogP contribution in [0.2, 0.25) is 0 Å². The van der Waals surface area contributed by atoms with E-state index in [1.807, 2.05) is 0 Å². The number of hydrogen-bond acceptors (Lipinski definition) is 2. The average Bonchev–Trinajstić information content (AvgIpc) is 2.13. The lowest BCUT2D eigenvalue weighted by Crippen LogP contribution is -2.44. The van der Waals surface area contributed by atoms with Crippen molar-refractivity contribution in [2.75, 3.05) is 6.54 Å². The molecule has 3 heteroatoms. The molecule has 0 aliphatic rings. The summed E-state index contributed by atoms with van der Waals surface area (Å²) in [5, 5.41) is 11.8. The lowest BCUT2D eigenvalue weighted by atomic mass is 9.90. The first kappa shape index (κ1) is 12.4. The third-order valence-corrected chi connectivity index (χ3v) is 2.87. The molecule has 0 aromatic carbocycles. The lowest BCUT2D eigenvalue weighted by Gasteiger charge is -2.31. The minimum atomic E-state index is -0.732. The minimum absolute atomic E-state index is 0.148. The molecule has 0 saturated carbocycles. The molecule has 0 atom stereocenters. The fourth-order valence-corrected chi connectivity index (χ4v) is 1.56. The highest BCUT2D eigenvalue weighted by Crippen LogP contribution is 2.18. The number of aliphatic carboxylic acids is 1. The van der Waals surface area contributed by atoms with Gasteiger partial charge in [-0.2, -0.15) is 0 Å². The van der Waals surface area contributed by atoms with Crippen LogP contribution in [0.15, 0.2) is 0 Å². The van der Waals surface area contributed by atoms with E-state index >= 15 is 0 Å². The van der Waals surface area contributed by atoms with Gasteiger partial charge in [-0.05, 0) is 19.3 Å². The molecule has 0 amide bonds. The second-order valence-electron chi connectivity index (χ2n) is 3.41. The fourth-order valence-electron chi connectivity index (χ4n) is 1.56. The van der Waals surface area contributed by atoms with Gasteiger partial charge in [0, 0.05) is 12.1 Å². The van der Waals surface area contributed by atoms with E-state index in [1.165, 1.54) is 0 Å². The molecule has 0 saturated heterocycles. The number of carbonyl (C=O) groups is 1. The lowest BCUT2D eigenvalue weighted by molar-refractivity contribution is -0.136. The molecule has 0 radical (unpaired) electrons. The van der Waals surface area contributed by atoms with Gasteiger partial charge in [-0.3, -0.25) is 4.79 Å². The third kappa shape index (κ3) is 4.27. The van der Waals surface area contributed by atoms with Crippen molar-refractivity contribution in [3.05, 3.63) is 0 Å². The average molecular weight is 187 g/mol. The Morgan fingerprint density at radius 2 is 1.69 bits per heavy atom. The van der Waals surface area contributed by atoms with Gasteiger partial charge in [0.05, 0.1) is 6.42 Å². The van der Waals surface area contributed by atoms with E-state index in [4.69, 9.17) is 5.11 Å². The Bertz CT molecular complexity index is 145. The second-order valence-corrected chi connectivity index (χ2v) is 3.41. The fraction of sp³-hybridized carbons (Fsp3) is 0.900. The van der Waals surface area contributed by atoms with E-state index in [2.05, 4.69) is 26.1 Å². The minimum Gasteiger partial charge on any atom is -0.481 e. The van der Waals surface area contributed by atoms with Crippen LogP contribution in [0, 0.1) is 0 Å².